The Bertz CT molecular complexity index is 1420. The van der Waals surface area contributed by atoms with Gasteiger partial charge in [-0.15, -0.1) is 0 Å². The summed E-state index contributed by atoms with van der Waals surface area (Å²) in [5.41, 5.74) is 4.02. The molecule has 2 fully saturated rings. The minimum Gasteiger partial charge on any atom is -0.508 e. The van der Waals surface area contributed by atoms with E-state index in [0.717, 1.165) is 33.5 Å². The van der Waals surface area contributed by atoms with Gasteiger partial charge in [-0.25, -0.2) is 0 Å². The van der Waals surface area contributed by atoms with Gasteiger partial charge in [-0.1, -0.05) is 60.2 Å². The molecule has 3 N–H and O–H groups in total. The topological polar surface area (TPSA) is 98.7 Å². The number of fused-ring (bicyclic) bond motifs is 4. The van der Waals surface area contributed by atoms with E-state index in [-0.39, 0.29) is 30.0 Å². The van der Waals surface area contributed by atoms with Crippen LogP contribution in [0.5, 0.6) is 5.75 Å². The molecule has 0 unspecified atom stereocenters. The molecule has 3 aliphatic heterocycles. The number of anilines is 1. The fourth-order valence-corrected chi connectivity index (χ4v) is 6.48. The molecule has 0 radical (unpaired) electrons. The maximum Gasteiger partial charge on any atom is 0.250 e. The first-order valence-electron chi connectivity index (χ1n) is 12.7. The molecule has 0 aromatic heterocycles. The van der Waals surface area contributed by atoms with Gasteiger partial charge in [-0.05, 0) is 55.5 Å². The van der Waals surface area contributed by atoms with Crippen LogP contribution in [0.15, 0.2) is 66.7 Å². The van der Waals surface area contributed by atoms with E-state index < -0.39 is 23.4 Å². The Balaban J connectivity index is 1.42. The van der Waals surface area contributed by atoms with Crippen LogP contribution >= 0.6 is 0 Å². The third-order valence-electron chi connectivity index (χ3n) is 8.12. The van der Waals surface area contributed by atoms with Crippen LogP contribution in [-0.2, 0) is 32.8 Å². The summed E-state index contributed by atoms with van der Waals surface area (Å²) in [5, 5.41) is 16.2. The van der Waals surface area contributed by atoms with E-state index in [1.54, 1.807) is 12.1 Å². The zero-order chi connectivity index (χ0) is 25.9. The Morgan fingerprint density at radius 1 is 0.919 bits per heavy atom. The summed E-state index contributed by atoms with van der Waals surface area (Å²) >= 11 is 0. The molecular weight excluding hydrogens is 466 g/mol. The minimum absolute atomic E-state index is 0.159. The van der Waals surface area contributed by atoms with Gasteiger partial charge in [0.1, 0.15) is 11.3 Å². The van der Waals surface area contributed by atoms with Crippen molar-refractivity contribution in [2.75, 3.05) is 11.9 Å². The van der Waals surface area contributed by atoms with Crippen molar-refractivity contribution in [2.45, 2.75) is 38.3 Å². The van der Waals surface area contributed by atoms with Gasteiger partial charge in [0.25, 0.3) is 0 Å². The molecule has 6 rings (SSSR count). The van der Waals surface area contributed by atoms with Gasteiger partial charge >= 0.3 is 0 Å². The molecule has 1 spiro atoms. The number of nitrogens with zero attached hydrogens (tertiary/aromatic N) is 1. The van der Waals surface area contributed by atoms with Crippen LogP contribution in [0.3, 0.4) is 0 Å². The number of rotatable bonds is 5. The summed E-state index contributed by atoms with van der Waals surface area (Å²) in [6, 6.07) is 20.1. The normalized spacial score (nSPS) is 26.1. The third kappa shape index (κ3) is 3.56. The smallest absolute Gasteiger partial charge is 0.250 e. The van der Waals surface area contributed by atoms with Gasteiger partial charge in [-0.2, -0.15) is 0 Å². The molecule has 4 atom stereocenters. The van der Waals surface area contributed by atoms with E-state index in [9.17, 15) is 19.5 Å². The molecule has 3 heterocycles. The van der Waals surface area contributed by atoms with Crippen LogP contribution in [-0.4, -0.2) is 40.3 Å². The standard InChI is InChI=1S/C30H29N3O4/c1-17-14-18(2)26-22(15-17)30(29(37)31-26)25-24(23(32-30)16-20-8-10-21(34)11-9-20)27(35)33(28(25)36)13-12-19-6-4-3-5-7-19/h3-11,14-15,23-25,32,34H,12-13,16H2,1-2H3,(H,31,37)/t23-,24-,25-,30-/m1/s1. The second-order valence-corrected chi connectivity index (χ2v) is 10.5. The quantitative estimate of drug-likeness (QED) is 0.472. The second-order valence-electron chi connectivity index (χ2n) is 10.5. The molecule has 188 valence electrons. The fourth-order valence-electron chi connectivity index (χ4n) is 6.48. The number of carbonyl (C=O) groups is 3. The first kappa shape index (κ1) is 23.4. The van der Waals surface area contributed by atoms with Crippen LogP contribution < -0.4 is 10.6 Å². The third-order valence-corrected chi connectivity index (χ3v) is 8.12. The summed E-state index contributed by atoms with van der Waals surface area (Å²) in [4.78, 5) is 43.0. The number of likely N-dealkylation sites (tertiary alicyclic amines) is 1. The molecule has 3 aromatic carbocycles. The maximum absolute atomic E-state index is 14.0. The average molecular weight is 496 g/mol. The number of hydrogen-bond acceptors (Lipinski definition) is 5. The number of aromatic hydroxyl groups is 1. The number of nitrogens with one attached hydrogen (secondary N) is 2. The second kappa shape index (κ2) is 8.56. The van der Waals surface area contributed by atoms with Crippen LogP contribution in [0, 0.1) is 25.7 Å². The van der Waals surface area contributed by atoms with Crippen LogP contribution in [0.4, 0.5) is 5.69 Å². The molecule has 7 nitrogen and oxygen atoms in total. The van der Waals surface area contributed by atoms with E-state index >= 15 is 0 Å². The molecule has 37 heavy (non-hydrogen) atoms. The highest BCUT2D eigenvalue weighted by molar-refractivity contribution is 6.15. The number of phenolic OH excluding ortho intramolecular Hbond substituents is 1. The first-order valence-corrected chi connectivity index (χ1v) is 12.7. The van der Waals surface area contributed by atoms with Gasteiger partial charge in [0.15, 0.2) is 0 Å². The van der Waals surface area contributed by atoms with Crippen molar-refractivity contribution in [3.63, 3.8) is 0 Å². The number of amides is 3. The van der Waals surface area contributed by atoms with E-state index in [2.05, 4.69) is 10.6 Å². The SMILES string of the molecule is Cc1cc(C)c2c(c1)[C@]1(N[C@H](Cc3ccc(O)cc3)[C@H]3C(=O)N(CCc4ccccc4)C(=O)[C@@H]31)C(=O)N2. The molecular formula is C30H29N3O4. The Morgan fingerprint density at radius 3 is 2.38 bits per heavy atom. The van der Waals surface area contributed by atoms with Crippen molar-refractivity contribution in [2.24, 2.45) is 11.8 Å². The molecule has 3 amide bonds. The zero-order valence-electron chi connectivity index (χ0n) is 20.8. The van der Waals surface area contributed by atoms with E-state index in [1.165, 1.54) is 4.90 Å². The average Bonchev–Trinajstić information content (AvgIpc) is 3.45. The number of imide groups is 1. The summed E-state index contributed by atoms with van der Waals surface area (Å²) in [7, 11) is 0. The fraction of sp³-hybridized carbons (Fsp3) is 0.300. The maximum atomic E-state index is 14.0. The van der Waals surface area contributed by atoms with Crippen molar-refractivity contribution in [1.29, 1.82) is 0 Å². The Kier molecular flexibility index (Phi) is 5.42. The van der Waals surface area contributed by atoms with Gasteiger partial charge in [-0.3, -0.25) is 24.6 Å². The molecule has 3 aromatic rings. The first-order chi connectivity index (χ1) is 17.8. The Morgan fingerprint density at radius 2 is 1.65 bits per heavy atom. The molecule has 0 saturated carbocycles. The molecule has 0 aliphatic carbocycles. The lowest BCUT2D eigenvalue weighted by Gasteiger charge is -2.30. The predicted octanol–water partition coefficient (Wildman–Crippen LogP) is 3.21. The molecule has 3 aliphatic rings. The highest BCUT2D eigenvalue weighted by atomic mass is 16.3. The van der Waals surface area contributed by atoms with Crippen molar-refractivity contribution < 1.29 is 19.5 Å². The summed E-state index contributed by atoms with van der Waals surface area (Å²) in [6.07, 6.45) is 1.00. The van der Waals surface area contributed by atoms with Crippen LogP contribution in [0.1, 0.15) is 27.8 Å². The van der Waals surface area contributed by atoms with E-state index in [0.29, 0.717) is 12.8 Å². The lowest BCUT2D eigenvalue weighted by atomic mass is 9.75. The Labute approximate surface area is 215 Å². The van der Waals surface area contributed by atoms with Gasteiger partial charge in [0.2, 0.25) is 17.7 Å². The zero-order valence-corrected chi connectivity index (χ0v) is 20.8. The largest absolute Gasteiger partial charge is 0.508 e. The van der Waals surface area contributed by atoms with Crippen LogP contribution in [0.2, 0.25) is 0 Å². The van der Waals surface area contributed by atoms with Gasteiger partial charge < -0.3 is 10.4 Å². The van der Waals surface area contributed by atoms with Crippen molar-refractivity contribution in [1.82, 2.24) is 10.2 Å². The lowest BCUT2D eigenvalue weighted by molar-refractivity contribution is -0.142. The number of hydrogen-bond donors (Lipinski definition) is 3. The van der Waals surface area contributed by atoms with Crippen LogP contribution in [0.25, 0.3) is 0 Å². The van der Waals surface area contributed by atoms with Gasteiger partial charge in [0, 0.05) is 23.8 Å². The lowest BCUT2D eigenvalue weighted by Crippen LogP contribution is -2.53. The predicted molar refractivity (Wildman–Crippen MR) is 139 cm³/mol. The minimum atomic E-state index is -1.31. The summed E-state index contributed by atoms with van der Waals surface area (Å²) in [5.74, 6) is -2.16. The van der Waals surface area contributed by atoms with Crippen molar-refractivity contribution in [3.8, 4) is 5.75 Å². The van der Waals surface area contributed by atoms with Crippen molar-refractivity contribution >= 4 is 23.4 Å². The molecule has 2 saturated heterocycles. The summed E-state index contributed by atoms with van der Waals surface area (Å²) < 4.78 is 0. The monoisotopic (exact) mass is 495 g/mol. The van der Waals surface area contributed by atoms with Gasteiger partial charge in [0.05, 0.1) is 11.8 Å². The number of phenols is 1. The number of carbonyl (C=O) groups excluding carboxylic acids is 3. The highest BCUT2D eigenvalue weighted by Crippen LogP contribution is 2.54. The Hall–Kier alpha value is -3.97. The van der Waals surface area contributed by atoms with E-state index in [4.69, 9.17) is 0 Å². The molecule has 0 bridgehead atoms. The molecule has 7 heteroatoms. The highest BCUT2D eigenvalue weighted by Gasteiger charge is 2.70. The van der Waals surface area contributed by atoms with Crippen molar-refractivity contribution in [3.05, 3.63) is 94.5 Å². The number of aryl methyl sites for hydroxylation is 2. The summed E-state index contributed by atoms with van der Waals surface area (Å²) in [6.45, 7) is 4.19. The van der Waals surface area contributed by atoms with E-state index in [1.807, 2.05) is 68.4 Å². The number of benzene rings is 3.